The van der Waals surface area contributed by atoms with Crippen LogP contribution in [0.4, 0.5) is 0 Å². The van der Waals surface area contributed by atoms with E-state index >= 15 is 0 Å². The maximum absolute atomic E-state index is 12.4. The van der Waals surface area contributed by atoms with Gasteiger partial charge in [-0.05, 0) is 86.6 Å². The summed E-state index contributed by atoms with van der Waals surface area (Å²) in [5, 5.41) is 0.352. The molecule has 1 aliphatic rings. The SMILES string of the molecule is COc1cc(/C=C2\N=C(c3ccc(I)c(Br)c3)OC2=O)cc(Cl)c1OCc1ccccc1Br. The van der Waals surface area contributed by atoms with Crippen LogP contribution >= 0.6 is 66.1 Å². The van der Waals surface area contributed by atoms with E-state index < -0.39 is 5.97 Å². The van der Waals surface area contributed by atoms with Crippen molar-refractivity contribution in [1.82, 2.24) is 0 Å². The Morgan fingerprint density at radius 1 is 1.12 bits per heavy atom. The standard InChI is InChI=1S/C24H15Br2ClINO4/c1-31-21-10-13(8-18(27)22(21)32-12-15-4-2-3-5-16(15)25)9-20-24(30)33-23(29-20)14-6-7-19(28)17(26)11-14/h2-11H,12H2,1H3/b20-9-. The normalized spacial score (nSPS) is 14.3. The number of esters is 1. The van der Waals surface area contributed by atoms with Crippen molar-refractivity contribution in [3.63, 3.8) is 0 Å². The highest BCUT2D eigenvalue weighted by molar-refractivity contribution is 14.1. The summed E-state index contributed by atoms with van der Waals surface area (Å²) < 4.78 is 19.7. The Morgan fingerprint density at radius 2 is 1.91 bits per heavy atom. The van der Waals surface area contributed by atoms with Gasteiger partial charge in [-0.3, -0.25) is 0 Å². The van der Waals surface area contributed by atoms with E-state index in [1.54, 1.807) is 18.2 Å². The van der Waals surface area contributed by atoms with Crippen LogP contribution in [0.5, 0.6) is 11.5 Å². The van der Waals surface area contributed by atoms with Gasteiger partial charge in [0, 0.05) is 23.6 Å². The van der Waals surface area contributed by atoms with Gasteiger partial charge in [0.15, 0.2) is 17.2 Å². The number of benzene rings is 3. The molecule has 9 heteroatoms. The highest BCUT2D eigenvalue weighted by Crippen LogP contribution is 2.38. The van der Waals surface area contributed by atoms with Crippen LogP contribution in [0.25, 0.3) is 6.08 Å². The molecule has 0 aliphatic carbocycles. The van der Waals surface area contributed by atoms with Crippen LogP contribution in [0, 0.1) is 3.57 Å². The van der Waals surface area contributed by atoms with Gasteiger partial charge in [0.25, 0.3) is 0 Å². The van der Waals surface area contributed by atoms with Crippen molar-refractivity contribution in [3.8, 4) is 11.5 Å². The fourth-order valence-corrected chi connectivity index (χ4v) is 4.44. The number of cyclic esters (lactones) is 1. The molecule has 0 fully saturated rings. The predicted octanol–water partition coefficient (Wildman–Crippen LogP) is 7.40. The summed E-state index contributed by atoms with van der Waals surface area (Å²) in [7, 11) is 1.53. The van der Waals surface area contributed by atoms with E-state index in [-0.39, 0.29) is 11.6 Å². The maximum Gasteiger partial charge on any atom is 0.363 e. The Bertz CT molecular complexity index is 1310. The molecule has 0 atom stereocenters. The molecule has 0 amide bonds. The van der Waals surface area contributed by atoms with Gasteiger partial charge in [0.1, 0.15) is 6.61 Å². The van der Waals surface area contributed by atoms with Crippen LogP contribution in [0.2, 0.25) is 5.02 Å². The minimum absolute atomic E-state index is 0.166. The van der Waals surface area contributed by atoms with Gasteiger partial charge in [-0.1, -0.05) is 45.7 Å². The van der Waals surface area contributed by atoms with E-state index in [0.717, 1.165) is 18.1 Å². The number of ether oxygens (including phenoxy) is 3. The molecule has 1 aliphatic heterocycles. The van der Waals surface area contributed by atoms with Gasteiger partial charge in [-0.2, -0.15) is 0 Å². The third kappa shape index (κ3) is 5.62. The highest BCUT2D eigenvalue weighted by atomic mass is 127. The first-order chi connectivity index (χ1) is 15.9. The monoisotopic (exact) mass is 701 g/mol. The fourth-order valence-electron chi connectivity index (χ4n) is 3.05. The van der Waals surface area contributed by atoms with E-state index in [1.807, 2.05) is 42.5 Å². The van der Waals surface area contributed by atoms with Crippen molar-refractivity contribution < 1.29 is 19.0 Å². The minimum atomic E-state index is -0.538. The molecule has 4 rings (SSSR count). The number of carbonyl (C=O) groups excluding carboxylic acids is 1. The summed E-state index contributed by atoms with van der Waals surface area (Å²) in [4.78, 5) is 16.8. The molecule has 1 heterocycles. The summed E-state index contributed by atoms with van der Waals surface area (Å²) in [6.07, 6.45) is 1.60. The summed E-state index contributed by atoms with van der Waals surface area (Å²) in [5.74, 6) is 0.566. The van der Waals surface area contributed by atoms with E-state index in [2.05, 4.69) is 59.4 Å². The van der Waals surface area contributed by atoms with E-state index in [1.165, 1.54) is 7.11 Å². The molecule has 168 valence electrons. The lowest BCUT2D eigenvalue weighted by Gasteiger charge is -2.14. The third-order valence-electron chi connectivity index (χ3n) is 4.67. The molecule has 5 nitrogen and oxygen atoms in total. The summed E-state index contributed by atoms with van der Waals surface area (Å²) in [6.45, 7) is 0.309. The highest BCUT2D eigenvalue weighted by Gasteiger charge is 2.25. The molecule has 0 spiro atoms. The Hall–Kier alpha value is -1.88. The number of nitrogens with zero attached hydrogens (tertiary/aromatic N) is 1. The molecule has 33 heavy (non-hydrogen) atoms. The van der Waals surface area contributed by atoms with Gasteiger partial charge in [0.2, 0.25) is 5.90 Å². The Labute approximate surface area is 226 Å². The van der Waals surface area contributed by atoms with Gasteiger partial charge in [-0.15, -0.1) is 0 Å². The summed E-state index contributed by atoms with van der Waals surface area (Å²) in [5.41, 5.74) is 2.47. The van der Waals surface area contributed by atoms with Crippen molar-refractivity contribution in [3.05, 3.63) is 94.5 Å². The van der Waals surface area contributed by atoms with Crippen molar-refractivity contribution in [2.24, 2.45) is 4.99 Å². The second-order valence-electron chi connectivity index (χ2n) is 6.88. The van der Waals surface area contributed by atoms with Crippen LogP contribution < -0.4 is 9.47 Å². The molecular formula is C24H15Br2ClINO4. The molecule has 0 N–H and O–H groups in total. The average molecular weight is 704 g/mol. The van der Waals surface area contributed by atoms with E-state index in [4.69, 9.17) is 25.8 Å². The number of carbonyl (C=O) groups is 1. The topological polar surface area (TPSA) is 57.1 Å². The van der Waals surface area contributed by atoms with Crippen LogP contribution in [0.3, 0.4) is 0 Å². The fraction of sp³-hybridized carbons (Fsp3) is 0.0833. The largest absolute Gasteiger partial charge is 0.493 e. The second kappa shape index (κ2) is 10.6. The quantitative estimate of drug-likeness (QED) is 0.153. The molecule has 0 aromatic heterocycles. The zero-order valence-electron chi connectivity index (χ0n) is 17.1. The van der Waals surface area contributed by atoms with Crippen molar-refractivity contribution in [1.29, 1.82) is 0 Å². The first-order valence-corrected chi connectivity index (χ1v) is 12.6. The zero-order chi connectivity index (χ0) is 23.5. The first-order valence-electron chi connectivity index (χ1n) is 9.57. The van der Waals surface area contributed by atoms with Crippen LogP contribution in [0.15, 0.2) is 74.2 Å². The Morgan fingerprint density at radius 3 is 2.64 bits per heavy atom. The van der Waals surface area contributed by atoms with Gasteiger partial charge >= 0.3 is 5.97 Å². The number of hydrogen-bond acceptors (Lipinski definition) is 5. The molecule has 0 unspecified atom stereocenters. The Balaban J connectivity index is 1.60. The molecule has 0 bridgehead atoms. The van der Waals surface area contributed by atoms with Crippen molar-refractivity contribution in [2.45, 2.75) is 6.61 Å². The van der Waals surface area contributed by atoms with Crippen LogP contribution in [-0.2, 0) is 16.1 Å². The molecule has 0 saturated heterocycles. The molecule has 3 aromatic rings. The third-order valence-corrected chi connectivity index (χ3v) is 8.06. The van der Waals surface area contributed by atoms with Crippen molar-refractivity contribution in [2.75, 3.05) is 7.11 Å². The minimum Gasteiger partial charge on any atom is -0.493 e. The lowest BCUT2D eigenvalue weighted by Crippen LogP contribution is -2.05. The molecular weight excluding hydrogens is 688 g/mol. The first kappa shape index (κ1) is 24.3. The number of hydrogen-bond donors (Lipinski definition) is 0. The number of rotatable bonds is 6. The van der Waals surface area contributed by atoms with Crippen LogP contribution in [-0.4, -0.2) is 19.0 Å². The average Bonchev–Trinajstić information content (AvgIpc) is 3.15. The van der Waals surface area contributed by atoms with Gasteiger partial charge < -0.3 is 14.2 Å². The molecule has 3 aromatic carbocycles. The number of halogens is 4. The van der Waals surface area contributed by atoms with E-state index in [0.29, 0.717) is 34.3 Å². The van der Waals surface area contributed by atoms with Gasteiger partial charge in [0.05, 0.1) is 12.1 Å². The summed E-state index contributed by atoms with van der Waals surface area (Å²) >= 11 is 15.7. The number of methoxy groups -OCH3 is 1. The van der Waals surface area contributed by atoms with Crippen molar-refractivity contribution >= 4 is 84.0 Å². The maximum atomic E-state index is 12.4. The smallest absolute Gasteiger partial charge is 0.363 e. The number of aliphatic imine (C=N–C) groups is 1. The lowest BCUT2D eigenvalue weighted by atomic mass is 10.1. The zero-order valence-corrected chi connectivity index (χ0v) is 23.2. The lowest BCUT2D eigenvalue weighted by molar-refractivity contribution is -0.129. The molecule has 0 saturated carbocycles. The van der Waals surface area contributed by atoms with Gasteiger partial charge in [-0.25, -0.2) is 9.79 Å². The predicted molar refractivity (Wildman–Crippen MR) is 144 cm³/mol. The molecule has 0 radical (unpaired) electrons. The second-order valence-corrected chi connectivity index (χ2v) is 10.2. The van der Waals surface area contributed by atoms with E-state index in [9.17, 15) is 4.79 Å². The van der Waals surface area contributed by atoms with Crippen LogP contribution in [0.1, 0.15) is 16.7 Å². The Kier molecular flexibility index (Phi) is 7.78. The summed E-state index contributed by atoms with van der Waals surface area (Å²) in [6, 6.07) is 16.8.